The third-order valence-electron chi connectivity index (χ3n) is 2.59. The van der Waals surface area contributed by atoms with Gasteiger partial charge in [-0.15, -0.1) is 0 Å². The molecule has 0 heterocycles. The number of benzene rings is 2. The molecule has 0 aromatic heterocycles. The van der Waals surface area contributed by atoms with Crippen LogP contribution in [0.5, 0.6) is 5.75 Å². The number of hydrogen-bond acceptors (Lipinski definition) is 2. The van der Waals surface area contributed by atoms with Crippen LogP contribution in [0, 0.1) is 5.82 Å². The van der Waals surface area contributed by atoms with E-state index in [1.165, 1.54) is 18.2 Å². The Morgan fingerprint density at radius 2 is 1.90 bits per heavy atom. The molecule has 6 heteroatoms. The fourth-order valence-corrected chi connectivity index (χ4v) is 2.16. The van der Waals surface area contributed by atoms with Crippen molar-refractivity contribution in [2.24, 2.45) is 0 Å². The molecule has 2 aromatic carbocycles. The second-order valence-corrected chi connectivity index (χ2v) is 4.82. The molecule has 1 N–H and O–H groups in total. The van der Waals surface area contributed by atoms with Gasteiger partial charge in [0.25, 0.3) is 0 Å². The quantitative estimate of drug-likeness (QED) is 0.840. The minimum absolute atomic E-state index is 0.0701. The summed E-state index contributed by atoms with van der Waals surface area (Å²) < 4.78 is 42.5. The molecular formula is C14H11BrF3NO. The zero-order chi connectivity index (χ0) is 14.5. The Kier molecular flexibility index (Phi) is 4.89. The van der Waals surface area contributed by atoms with Gasteiger partial charge in [0.15, 0.2) is 0 Å². The highest BCUT2D eigenvalue weighted by Crippen LogP contribution is 2.27. The summed E-state index contributed by atoms with van der Waals surface area (Å²) >= 11 is 3.25. The maximum absolute atomic E-state index is 13.0. The van der Waals surface area contributed by atoms with E-state index >= 15 is 0 Å². The van der Waals surface area contributed by atoms with Gasteiger partial charge in [-0.05, 0) is 29.8 Å². The van der Waals surface area contributed by atoms with Crippen molar-refractivity contribution in [2.45, 2.75) is 13.2 Å². The molecule has 0 amide bonds. The minimum Gasteiger partial charge on any atom is -0.433 e. The van der Waals surface area contributed by atoms with Gasteiger partial charge in [-0.25, -0.2) is 4.39 Å². The summed E-state index contributed by atoms with van der Waals surface area (Å²) in [4.78, 5) is 0. The lowest BCUT2D eigenvalue weighted by Crippen LogP contribution is -2.06. The number of nitrogens with one attached hydrogen (secondary N) is 1. The van der Waals surface area contributed by atoms with E-state index in [1.807, 2.05) is 0 Å². The van der Waals surface area contributed by atoms with Crippen molar-refractivity contribution in [2.75, 3.05) is 5.32 Å². The Balaban J connectivity index is 2.10. The molecule has 0 aliphatic rings. The molecule has 0 saturated carbocycles. The van der Waals surface area contributed by atoms with Crippen molar-refractivity contribution in [1.82, 2.24) is 0 Å². The van der Waals surface area contributed by atoms with Gasteiger partial charge in [-0.2, -0.15) is 8.78 Å². The van der Waals surface area contributed by atoms with Crippen LogP contribution in [0.25, 0.3) is 0 Å². The van der Waals surface area contributed by atoms with Gasteiger partial charge < -0.3 is 10.1 Å². The third-order valence-corrected chi connectivity index (χ3v) is 3.33. The Morgan fingerprint density at radius 3 is 2.60 bits per heavy atom. The van der Waals surface area contributed by atoms with Crippen molar-refractivity contribution >= 4 is 21.6 Å². The van der Waals surface area contributed by atoms with Gasteiger partial charge in [-0.1, -0.05) is 34.1 Å². The SMILES string of the molecule is Fc1ccc(CNc2ccccc2OC(F)F)c(Br)c1. The van der Waals surface area contributed by atoms with E-state index in [2.05, 4.69) is 26.0 Å². The van der Waals surface area contributed by atoms with Crippen LogP contribution in [0.3, 0.4) is 0 Å². The fourth-order valence-electron chi connectivity index (χ4n) is 1.67. The van der Waals surface area contributed by atoms with Gasteiger partial charge in [0.2, 0.25) is 0 Å². The Hall–Kier alpha value is -1.69. The van der Waals surface area contributed by atoms with Crippen molar-refractivity contribution in [3.05, 3.63) is 58.3 Å². The molecule has 0 radical (unpaired) electrons. The van der Waals surface area contributed by atoms with Gasteiger partial charge >= 0.3 is 6.61 Å². The zero-order valence-electron chi connectivity index (χ0n) is 10.2. The maximum Gasteiger partial charge on any atom is 0.387 e. The van der Waals surface area contributed by atoms with Crippen LogP contribution in [-0.2, 0) is 6.54 Å². The summed E-state index contributed by atoms with van der Waals surface area (Å²) in [5.41, 5.74) is 1.25. The zero-order valence-corrected chi connectivity index (χ0v) is 11.8. The van der Waals surface area contributed by atoms with E-state index in [1.54, 1.807) is 24.3 Å². The number of para-hydroxylation sites is 2. The van der Waals surface area contributed by atoms with Crippen molar-refractivity contribution in [3.63, 3.8) is 0 Å². The number of hydrogen-bond donors (Lipinski definition) is 1. The Bertz CT molecular complexity index is 592. The predicted octanol–water partition coefficient (Wildman–Crippen LogP) is 4.80. The number of halogens is 4. The fraction of sp³-hybridized carbons (Fsp3) is 0.143. The van der Waals surface area contributed by atoms with E-state index in [9.17, 15) is 13.2 Å². The van der Waals surface area contributed by atoms with Crippen LogP contribution < -0.4 is 10.1 Å². The molecule has 0 fully saturated rings. The van der Waals surface area contributed by atoms with E-state index in [0.29, 0.717) is 16.7 Å². The average Bonchev–Trinajstić information content (AvgIpc) is 2.39. The molecule has 106 valence electrons. The summed E-state index contributed by atoms with van der Waals surface area (Å²) in [6, 6.07) is 10.7. The predicted molar refractivity (Wildman–Crippen MR) is 74.5 cm³/mol. The molecule has 20 heavy (non-hydrogen) atoms. The van der Waals surface area contributed by atoms with Crippen LogP contribution >= 0.6 is 15.9 Å². The van der Waals surface area contributed by atoms with Crippen LogP contribution in [0.4, 0.5) is 18.9 Å². The Morgan fingerprint density at radius 1 is 1.15 bits per heavy atom. The van der Waals surface area contributed by atoms with E-state index in [0.717, 1.165) is 5.56 Å². The van der Waals surface area contributed by atoms with Crippen LogP contribution in [0.2, 0.25) is 0 Å². The number of alkyl halides is 2. The van der Waals surface area contributed by atoms with Gasteiger partial charge in [0, 0.05) is 11.0 Å². The highest BCUT2D eigenvalue weighted by Gasteiger charge is 2.09. The standard InChI is InChI=1S/C14H11BrF3NO/c15-11-7-10(16)6-5-9(11)8-19-12-3-1-2-4-13(12)20-14(17)18/h1-7,14,19H,8H2. The summed E-state index contributed by atoms with van der Waals surface area (Å²) in [6.45, 7) is -2.53. The molecule has 0 spiro atoms. The smallest absolute Gasteiger partial charge is 0.387 e. The third kappa shape index (κ3) is 3.90. The molecular weight excluding hydrogens is 335 g/mol. The molecule has 2 aromatic rings. The average molecular weight is 346 g/mol. The molecule has 2 nitrogen and oxygen atoms in total. The molecule has 2 rings (SSSR count). The number of ether oxygens (including phenoxy) is 1. The highest BCUT2D eigenvalue weighted by molar-refractivity contribution is 9.10. The first-order valence-corrected chi connectivity index (χ1v) is 6.57. The number of anilines is 1. The summed E-state index contributed by atoms with van der Waals surface area (Å²) in [5, 5.41) is 2.98. The summed E-state index contributed by atoms with van der Waals surface area (Å²) in [5.74, 6) is -0.275. The van der Waals surface area contributed by atoms with Crippen molar-refractivity contribution in [3.8, 4) is 5.75 Å². The molecule has 0 saturated heterocycles. The lowest BCUT2D eigenvalue weighted by atomic mass is 10.2. The topological polar surface area (TPSA) is 21.3 Å². The largest absolute Gasteiger partial charge is 0.433 e. The molecule has 0 unspecified atom stereocenters. The van der Waals surface area contributed by atoms with Crippen molar-refractivity contribution in [1.29, 1.82) is 0 Å². The number of rotatable bonds is 5. The first-order chi connectivity index (χ1) is 9.56. The molecule has 0 bridgehead atoms. The lowest BCUT2D eigenvalue weighted by molar-refractivity contribution is -0.0493. The first-order valence-electron chi connectivity index (χ1n) is 5.78. The second-order valence-electron chi connectivity index (χ2n) is 3.96. The minimum atomic E-state index is -2.88. The van der Waals surface area contributed by atoms with Crippen molar-refractivity contribution < 1.29 is 17.9 Å². The van der Waals surface area contributed by atoms with Crippen LogP contribution in [-0.4, -0.2) is 6.61 Å². The first kappa shape index (κ1) is 14.7. The van der Waals surface area contributed by atoms with E-state index < -0.39 is 6.61 Å². The van der Waals surface area contributed by atoms with Crippen LogP contribution in [0.1, 0.15) is 5.56 Å². The molecule has 0 aliphatic heterocycles. The van der Waals surface area contributed by atoms with Gasteiger partial charge in [-0.3, -0.25) is 0 Å². The van der Waals surface area contributed by atoms with Crippen LogP contribution in [0.15, 0.2) is 46.9 Å². The normalized spacial score (nSPS) is 10.7. The highest BCUT2D eigenvalue weighted by atomic mass is 79.9. The lowest BCUT2D eigenvalue weighted by Gasteiger charge is -2.13. The van der Waals surface area contributed by atoms with Gasteiger partial charge in [0.05, 0.1) is 5.69 Å². The van der Waals surface area contributed by atoms with E-state index in [4.69, 9.17) is 0 Å². The molecule has 0 atom stereocenters. The second kappa shape index (κ2) is 6.65. The monoisotopic (exact) mass is 345 g/mol. The molecule has 0 aliphatic carbocycles. The Labute approximate surface area is 122 Å². The summed E-state index contributed by atoms with van der Waals surface area (Å²) in [6.07, 6.45) is 0. The van der Waals surface area contributed by atoms with Gasteiger partial charge in [0.1, 0.15) is 11.6 Å². The maximum atomic E-state index is 13.0. The summed E-state index contributed by atoms with van der Waals surface area (Å²) in [7, 11) is 0. The van der Waals surface area contributed by atoms with E-state index in [-0.39, 0.29) is 11.6 Å².